The number of methoxy groups -OCH3 is 1. The Morgan fingerprint density at radius 2 is 1.91 bits per heavy atom. The molecule has 0 aromatic heterocycles. The Morgan fingerprint density at radius 1 is 1.27 bits per heavy atom. The average molecular weight is 329 g/mol. The van der Waals surface area contributed by atoms with Crippen LogP contribution in [0.2, 0.25) is 0 Å². The van der Waals surface area contributed by atoms with Gasteiger partial charge in [0.15, 0.2) is 6.61 Å². The lowest BCUT2D eigenvalue weighted by molar-refractivity contribution is -0.156. The van der Waals surface area contributed by atoms with Gasteiger partial charge in [-0.15, -0.1) is 11.8 Å². The fourth-order valence-corrected chi connectivity index (χ4v) is 1.98. The number of esters is 2. The molecule has 120 valence electrons. The number of hydrogen-bond donors (Lipinski definition) is 1. The summed E-state index contributed by atoms with van der Waals surface area (Å²) in [5.41, 5.74) is 0.466. The summed E-state index contributed by atoms with van der Waals surface area (Å²) >= 11 is 1.06. The maximum absolute atomic E-state index is 12.7. The molecule has 0 radical (unpaired) electrons. The summed E-state index contributed by atoms with van der Waals surface area (Å²) in [5, 5.41) is 1.96. The van der Waals surface area contributed by atoms with Crippen LogP contribution in [0, 0.1) is 5.82 Å². The van der Waals surface area contributed by atoms with Crippen molar-refractivity contribution in [2.45, 2.75) is 12.2 Å². The molecule has 0 heterocycles. The fourth-order valence-electron chi connectivity index (χ4n) is 1.31. The van der Waals surface area contributed by atoms with Crippen molar-refractivity contribution in [3.8, 4) is 0 Å². The van der Waals surface area contributed by atoms with E-state index in [9.17, 15) is 18.8 Å². The summed E-state index contributed by atoms with van der Waals surface area (Å²) in [5.74, 6) is -1.96. The molecule has 0 saturated carbocycles. The molecule has 1 rings (SSSR count). The second kappa shape index (κ2) is 9.04. The van der Waals surface area contributed by atoms with E-state index in [4.69, 9.17) is 4.74 Å². The molecule has 0 saturated heterocycles. The molecule has 22 heavy (non-hydrogen) atoms. The topological polar surface area (TPSA) is 81.7 Å². The van der Waals surface area contributed by atoms with Crippen LogP contribution in [0.25, 0.3) is 0 Å². The van der Waals surface area contributed by atoms with Crippen molar-refractivity contribution < 1.29 is 28.2 Å². The van der Waals surface area contributed by atoms with Gasteiger partial charge in [-0.2, -0.15) is 0 Å². The van der Waals surface area contributed by atoms with E-state index in [2.05, 4.69) is 10.1 Å². The molecule has 0 bridgehead atoms. The second-order valence-corrected chi connectivity index (χ2v) is 5.52. The number of benzene rings is 1. The molecular weight excluding hydrogens is 313 g/mol. The van der Waals surface area contributed by atoms with Crippen molar-refractivity contribution >= 4 is 35.3 Å². The highest BCUT2D eigenvalue weighted by atomic mass is 32.2. The van der Waals surface area contributed by atoms with E-state index >= 15 is 0 Å². The molecule has 1 unspecified atom stereocenters. The lowest BCUT2D eigenvalue weighted by Crippen LogP contribution is -2.24. The van der Waals surface area contributed by atoms with Gasteiger partial charge < -0.3 is 14.8 Å². The molecule has 6 nitrogen and oxygen atoms in total. The van der Waals surface area contributed by atoms with E-state index in [1.54, 1.807) is 6.92 Å². The zero-order chi connectivity index (χ0) is 16.5. The monoisotopic (exact) mass is 329 g/mol. The number of anilines is 1. The van der Waals surface area contributed by atoms with E-state index in [0.717, 1.165) is 11.8 Å². The van der Waals surface area contributed by atoms with Crippen LogP contribution in [0.1, 0.15) is 6.92 Å². The quantitative estimate of drug-likeness (QED) is 0.765. The number of halogens is 1. The number of rotatable bonds is 7. The highest BCUT2D eigenvalue weighted by Gasteiger charge is 2.18. The van der Waals surface area contributed by atoms with Crippen molar-refractivity contribution in [3.05, 3.63) is 30.1 Å². The highest BCUT2D eigenvalue weighted by molar-refractivity contribution is 8.01. The molecule has 1 aromatic carbocycles. The molecule has 1 aromatic rings. The maximum atomic E-state index is 12.7. The van der Waals surface area contributed by atoms with Gasteiger partial charge in [-0.1, -0.05) is 0 Å². The van der Waals surface area contributed by atoms with E-state index in [0.29, 0.717) is 5.69 Å². The van der Waals surface area contributed by atoms with Gasteiger partial charge in [0.05, 0.1) is 12.9 Å². The predicted molar refractivity (Wildman–Crippen MR) is 79.9 cm³/mol. The first-order valence-electron chi connectivity index (χ1n) is 6.33. The Kier molecular flexibility index (Phi) is 7.38. The van der Waals surface area contributed by atoms with E-state index < -0.39 is 29.6 Å². The Hall–Kier alpha value is -2.09. The van der Waals surface area contributed by atoms with Gasteiger partial charge in [0, 0.05) is 5.69 Å². The highest BCUT2D eigenvalue weighted by Crippen LogP contribution is 2.14. The number of nitrogens with one attached hydrogen (secondary N) is 1. The van der Waals surface area contributed by atoms with Crippen LogP contribution in [0.15, 0.2) is 24.3 Å². The van der Waals surface area contributed by atoms with Crippen molar-refractivity contribution in [2.75, 3.05) is 24.8 Å². The van der Waals surface area contributed by atoms with Crippen LogP contribution in [0.3, 0.4) is 0 Å². The van der Waals surface area contributed by atoms with Gasteiger partial charge in [-0.05, 0) is 31.2 Å². The molecule has 0 aliphatic heterocycles. The van der Waals surface area contributed by atoms with Crippen LogP contribution in [-0.4, -0.2) is 42.6 Å². The number of carbonyl (C=O) groups excluding carboxylic acids is 3. The largest absolute Gasteiger partial charge is 0.466 e. The van der Waals surface area contributed by atoms with Gasteiger partial charge in [0.25, 0.3) is 0 Å². The summed E-state index contributed by atoms with van der Waals surface area (Å²) in [6, 6.07) is 5.34. The third-order valence-corrected chi connectivity index (χ3v) is 3.61. The van der Waals surface area contributed by atoms with Crippen LogP contribution >= 0.6 is 11.8 Å². The first-order valence-corrected chi connectivity index (χ1v) is 7.37. The van der Waals surface area contributed by atoms with Gasteiger partial charge >= 0.3 is 11.9 Å². The normalized spacial score (nSPS) is 11.4. The van der Waals surface area contributed by atoms with Gasteiger partial charge in [0.1, 0.15) is 11.1 Å². The van der Waals surface area contributed by atoms with Gasteiger partial charge in [-0.25, -0.2) is 9.18 Å². The Bertz CT molecular complexity index is 535. The third-order valence-electron chi connectivity index (χ3n) is 2.48. The summed E-state index contributed by atoms with van der Waals surface area (Å²) in [6.45, 7) is 1.11. The standard InChI is InChI=1S/C14H16FNO5S/c1-9(14(19)21-7-13(18)20-2)22-8-12(17)16-11-5-3-10(15)4-6-11/h3-6,9H,7-8H2,1-2H3,(H,16,17). The molecule has 0 spiro atoms. The predicted octanol–water partition coefficient (Wildman–Crippen LogP) is 1.60. The van der Waals surface area contributed by atoms with Crippen molar-refractivity contribution in [1.82, 2.24) is 0 Å². The first kappa shape index (κ1) is 18.0. The molecule has 1 N–H and O–H groups in total. The lowest BCUT2D eigenvalue weighted by Gasteiger charge is -2.10. The average Bonchev–Trinajstić information content (AvgIpc) is 2.52. The summed E-state index contributed by atoms with van der Waals surface area (Å²) in [6.07, 6.45) is 0. The third kappa shape index (κ3) is 6.57. The summed E-state index contributed by atoms with van der Waals surface area (Å²) in [7, 11) is 1.19. The molecular formula is C14H16FNO5S. The van der Waals surface area contributed by atoms with Crippen molar-refractivity contribution in [1.29, 1.82) is 0 Å². The molecule has 0 aliphatic carbocycles. The Labute approximate surface area is 131 Å². The Morgan fingerprint density at radius 3 is 2.50 bits per heavy atom. The van der Waals surface area contributed by atoms with Crippen molar-refractivity contribution in [3.63, 3.8) is 0 Å². The van der Waals surface area contributed by atoms with E-state index in [1.165, 1.54) is 31.4 Å². The zero-order valence-corrected chi connectivity index (χ0v) is 12.9. The van der Waals surface area contributed by atoms with E-state index in [1.807, 2.05) is 0 Å². The smallest absolute Gasteiger partial charge is 0.344 e. The number of carbonyl (C=O) groups is 3. The maximum Gasteiger partial charge on any atom is 0.344 e. The van der Waals surface area contributed by atoms with Gasteiger partial charge in [0.2, 0.25) is 5.91 Å². The van der Waals surface area contributed by atoms with Crippen LogP contribution in [0.5, 0.6) is 0 Å². The van der Waals surface area contributed by atoms with Crippen molar-refractivity contribution in [2.24, 2.45) is 0 Å². The number of ether oxygens (including phenoxy) is 2. The van der Waals surface area contributed by atoms with Crippen LogP contribution < -0.4 is 5.32 Å². The minimum absolute atomic E-state index is 0.0197. The number of hydrogen-bond acceptors (Lipinski definition) is 6. The SMILES string of the molecule is COC(=O)COC(=O)C(C)SCC(=O)Nc1ccc(F)cc1. The second-order valence-electron chi connectivity index (χ2n) is 4.19. The molecule has 0 fully saturated rings. The number of amides is 1. The minimum Gasteiger partial charge on any atom is -0.466 e. The summed E-state index contributed by atoms with van der Waals surface area (Å²) in [4.78, 5) is 34.1. The Balaban J connectivity index is 2.32. The molecule has 1 atom stereocenters. The van der Waals surface area contributed by atoms with Gasteiger partial charge in [-0.3, -0.25) is 9.59 Å². The zero-order valence-electron chi connectivity index (χ0n) is 12.1. The first-order chi connectivity index (χ1) is 10.4. The fraction of sp³-hybridized carbons (Fsp3) is 0.357. The van der Waals surface area contributed by atoms with Crippen LogP contribution in [-0.2, 0) is 23.9 Å². The molecule has 0 aliphatic rings. The molecule has 1 amide bonds. The summed E-state index contributed by atoms with van der Waals surface area (Å²) < 4.78 is 21.8. The van der Waals surface area contributed by atoms with Crippen LogP contribution in [0.4, 0.5) is 10.1 Å². The lowest BCUT2D eigenvalue weighted by atomic mass is 10.3. The van der Waals surface area contributed by atoms with E-state index in [-0.39, 0.29) is 11.7 Å². The molecule has 8 heteroatoms. The number of thioether (sulfide) groups is 1. The minimum atomic E-state index is -0.653.